The molecule has 0 bridgehead atoms. The predicted molar refractivity (Wildman–Crippen MR) is 121 cm³/mol. The summed E-state index contributed by atoms with van der Waals surface area (Å²) in [5, 5.41) is 12.7. The van der Waals surface area contributed by atoms with Crippen LogP contribution in [0.4, 0.5) is 0 Å². The summed E-state index contributed by atoms with van der Waals surface area (Å²) in [7, 11) is 0. The van der Waals surface area contributed by atoms with Crippen LogP contribution in [0.25, 0.3) is 10.8 Å². The average Bonchev–Trinajstić information content (AvgIpc) is 2.79. The molecule has 1 amide bonds. The van der Waals surface area contributed by atoms with Crippen LogP contribution in [0.2, 0.25) is 0 Å². The molecule has 2 N–H and O–H groups in total. The maximum Gasteiger partial charge on any atom is 0.254 e. The number of ether oxygens (including phenoxy) is 1. The second-order valence-electron chi connectivity index (χ2n) is 7.68. The van der Waals surface area contributed by atoms with Crippen molar-refractivity contribution in [2.75, 3.05) is 39.3 Å². The van der Waals surface area contributed by atoms with E-state index in [1.54, 1.807) is 0 Å². The van der Waals surface area contributed by atoms with Crippen molar-refractivity contribution in [2.45, 2.75) is 6.10 Å². The van der Waals surface area contributed by atoms with E-state index < -0.39 is 6.10 Å². The van der Waals surface area contributed by atoms with E-state index in [1.165, 1.54) is 4.90 Å². The Morgan fingerprint density at radius 3 is 2.50 bits per heavy atom. The average molecular weight is 470 g/mol. The van der Waals surface area contributed by atoms with Gasteiger partial charge in [0.15, 0.2) is 0 Å². The summed E-state index contributed by atoms with van der Waals surface area (Å²) in [5.41, 5.74) is 0.732. The number of nitrogens with one attached hydrogen (secondary N) is 1. The highest BCUT2D eigenvalue weighted by Gasteiger charge is 2.26. The minimum absolute atomic E-state index is 0.0830. The number of carbonyl (C=O) groups is 1. The van der Waals surface area contributed by atoms with Crippen molar-refractivity contribution >= 4 is 32.6 Å². The van der Waals surface area contributed by atoms with Crippen molar-refractivity contribution in [3.8, 4) is 5.75 Å². The van der Waals surface area contributed by atoms with Crippen LogP contribution in [0.1, 0.15) is 10.4 Å². The van der Waals surface area contributed by atoms with Crippen LogP contribution >= 0.6 is 15.9 Å². The molecule has 3 aromatic carbocycles. The zero-order valence-corrected chi connectivity index (χ0v) is 18.3. The van der Waals surface area contributed by atoms with Crippen molar-refractivity contribution in [2.24, 2.45) is 0 Å². The number of quaternary nitrogens is 1. The van der Waals surface area contributed by atoms with Gasteiger partial charge in [-0.1, -0.05) is 48.5 Å². The molecule has 6 heteroatoms. The molecule has 3 aromatic rings. The molecule has 4 rings (SSSR count). The predicted octanol–water partition coefficient (Wildman–Crippen LogP) is 2.38. The quantitative estimate of drug-likeness (QED) is 0.582. The van der Waals surface area contributed by atoms with Gasteiger partial charge in [0.25, 0.3) is 5.91 Å². The molecule has 0 aliphatic carbocycles. The molecule has 1 saturated heterocycles. The molecular formula is C24H26BrN2O3+. The van der Waals surface area contributed by atoms with E-state index >= 15 is 0 Å². The molecule has 0 unspecified atom stereocenters. The first kappa shape index (κ1) is 20.8. The van der Waals surface area contributed by atoms with Gasteiger partial charge in [-0.05, 0) is 44.9 Å². The highest BCUT2D eigenvalue weighted by molar-refractivity contribution is 9.10. The zero-order chi connectivity index (χ0) is 20.9. The van der Waals surface area contributed by atoms with Crippen LogP contribution in [-0.2, 0) is 0 Å². The van der Waals surface area contributed by atoms with Gasteiger partial charge < -0.3 is 19.6 Å². The molecule has 30 heavy (non-hydrogen) atoms. The number of nitrogens with zero attached hydrogens (tertiary/aromatic N) is 1. The summed E-state index contributed by atoms with van der Waals surface area (Å²) in [6.07, 6.45) is -0.560. The van der Waals surface area contributed by atoms with Crippen molar-refractivity contribution in [1.82, 2.24) is 4.90 Å². The molecule has 5 nitrogen and oxygen atoms in total. The molecule has 0 radical (unpaired) electrons. The van der Waals surface area contributed by atoms with E-state index in [4.69, 9.17) is 4.74 Å². The third-order valence-electron chi connectivity index (χ3n) is 5.56. The first-order chi connectivity index (χ1) is 14.6. The summed E-state index contributed by atoms with van der Waals surface area (Å²) in [6, 6.07) is 21.5. The number of amides is 1. The number of benzene rings is 3. The Hall–Kier alpha value is -2.41. The van der Waals surface area contributed by atoms with Gasteiger partial charge >= 0.3 is 0 Å². The third kappa shape index (κ3) is 4.83. The normalized spacial score (nSPS) is 15.9. The SMILES string of the molecule is O=C(c1ccccc1)N1CC[NH+](C[C@H](O)COc2ccc3ccccc3c2Br)CC1. The standard InChI is InChI=1S/C24H25BrN2O3/c25-23-21-9-5-4-6-18(21)10-11-22(23)30-17-20(28)16-26-12-14-27(15-13-26)24(29)19-7-2-1-3-8-19/h1-11,20,28H,12-17H2/p+1/t20-/m0/s1. The van der Waals surface area contributed by atoms with Crippen molar-refractivity contribution in [3.63, 3.8) is 0 Å². The number of hydrogen-bond acceptors (Lipinski definition) is 3. The first-order valence-electron chi connectivity index (χ1n) is 10.3. The Morgan fingerprint density at radius 2 is 1.73 bits per heavy atom. The summed E-state index contributed by atoms with van der Waals surface area (Å²) in [4.78, 5) is 15.7. The van der Waals surface area contributed by atoms with Gasteiger partial charge in [0, 0.05) is 5.56 Å². The van der Waals surface area contributed by atoms with E-state index in [9.17, 15) is 9.90 Å². The molecule has 1 fully saturated rings. The van der Waals surface area contributed by atoms with Gasteiger partial charge in [-0.25, -0.2) is 0 Å². The molecule has 1 aliphatic rings. The molecule has 0 spiro atoms. The van der Waals surface area contributed by atoms with Crippen LogP contribution < -0.4 is 9.64 Å². The number of halogens is 1. The Kier molecular flexibility index (Phi) is 6.67. The number of hydrogen-bond donors (Lipinski definition) is 2. The van der Waals surface area contributed by atoms with Gasteiger partial charge in [-0.15, -0.1) is 0 Å². The second-order valence-corrected chi connectivity index (χ2v) is 8.47. The van der Waals surface area contributed by atoms with E-state index in [0.717, 1.165) is 39.6 Å². The van der Waals surface area contributed by atoms with E-state index in [-0.39, 0.29) is 12.5 Å². The van der Waals surface area contributed by atoms with Crippen LogP contribution in [0.15, 0.2) is 71.2 Å². The number of aliphatic hydroxyl groups is 1. The third-order valence-corrected chi connectivity index (χ3v) is 6.38. The Bertz CT molecular complexity index is 1000. The Balaban J connectivity index is 1.26. The Morgan fingerprint density at radius 1 is 1.03 bits per heavy atom. The lowest BCUT2D eigenvalue weighted by Crippen LogP contribution is -3.16. The lowest BCUT2D eigenvalue weighted by atomic mass is 10.1. The highest BCUT2D eigenvalue weighted by atomic mass is 79.9. The lowest BCUT2D eigenvalue weighted by molar-refractivity contribution is -0.907. The minimum atomic E-state index is -0.560. The van der Waals surface area contributed by atoms with Gasteiger partial charge in [-0.2, -0.15) is 0 Å². The molecule has 1 atom stereocenters. The topological polar surface area (TPSA) is 54.2 Å². The summed E-state index contributed by atoms with van der Waals surface area (Å²) in [5.74, 6) is 0.820. The van der Waals surface area contributed by atoms with Crippen LogP contribution in [-0.4, -0.2) is 61.3 Å². The number of carbonyl (C=O) groups excluding carboxylic acids is 1. The lowest BCUT2D eigenvalue weighted by Gasteiger charge is -2.33. The van der Waals surface area contributed by atoms with Crippen LogP contribution in [0.3, 0.4) is 0 Å². The van der Waals surface area contributed by atoms with Gasteiger partial charge in [-0.3, -0.25) is 4.79 Å². The summed E-state index contributed by atoms with van der Waals surface area (Å²) >= 11 is 3.62. The fourth-order valence-corrected chi connectivity index (χ4v) is 4.50. The van der Waals surface area contributed by atoms with Crippen molar-refractivity contribution in [3.05, 3.63) is 76.8 Å². The van der Waals surface area contributed by atoms with Crippen LogP contribution in [0, 0.1) is 0 Å². The molecule has 1 heterocycles. The minimum Gasteiger partial charge on any atom is -0.489 e. The molecular weight excluding hydrogens is 444 g/mol. The largest absolute Gasteiger partial charge is 0.489 e. The van der Waals surface area contributed by atoms with E-state index in [0.29, 0.717) is 19.6 Å². The van der Waals surface area contributed by atoms with Crippen LogP contribution in [0.5, 0.6) is 5.75 Å². The van der Waals surface area contributed by atoms with Gasteiger partial charge in [0.1, 0.15) is 25.0 Å². The molecule has 0 aromatic heterocycles. The number of piperazine rings is 1. The number of rotatable bonds is 6. The number of aliphatic hydroxyl groups excluding tert-OH is 1. The summed E-state index contributed by atoms with van der Waals surface area (Å²) in [6.45, 7) is 3.91. The maximum absolute atomic E-state index is 12.6. The fraction of sp³-hybridized carbons (Fsp3) is 0.292. The van der Waals surface area contributed by atoms with E-state index in [1.807, 2.05) is 65.6 Å². The molecule has 0 saturated carbocycles. The van der Waals surface area contributed by atoms with Crippen molar-refractivity contribution < 1.29 is 19.5 Å². The highest BCUT2D eigenvalue weighted by Crippen LogP contribution is 2.33. The molecule has 1 aliphatic heterocycles. The van der Waals surface area contributed by atoms with Gasteiger partial charge in [0.2, 0.25) is 0 Å². The Labute approximate surface area is 185 Å². The van der Waals surface area contributed by atoms with Crippen molar-refractivity contribution in [1.29, 1.82) is 0 Å². The molecule has 156 valence electrons. The second kappa shape index (κ2) is 9.60. The van der Waals surface area contributed by atoms with Gasteiger partial charge in [0.05, 0.1) is 30.7 Å². The monoisotopic (exact) mass is 469 g/mol. The fourth-order valence-electron chi connectivity index (χ4n) is 3.90. The zero-order valence-electron chi connectivity index (χ0n) is 16.8. The first-order valence-corrected chi connectivity index (χ1v) is 11.1. The smallest absolute Gasteiger partial charge is 0.254 e. The maximum atomic E-state index is 12.6. The summed E-state index contributed by atoms with van der Waals surface area (Å²) < 4.78 is 6.80. The number of fused-ring (bicyclic) bond motifs is 1. The van der Waals surface area contributed by atoms with E-state index in [2.05, 4.69) is 22.0 Å².